The van der Waals surface area contributed by atoms with Crippen molar-refractivity contribution in [1.82, 2.24) is 25.3 Å². The number of nitrogens with zero attached hydrogens (tertiary/aromatic N) is 3. The lowest BCUT2D eigenvalue weighted by atomic mass is 10.2. The van der Waals surface area contributed by atoms with Crippen molar-refractivity contribution in [1.29, 1.82) is 0 Å². The highest BCUT2D eigenvalue weighted by molar-refractivity contribution is 5.89. The van der Waals surface area contributed by atoms with Gasteiger partial charge in [-0.3, -0.25) is 9.78 Å². The Morgan fingerprint density at radius 1 is 1.12 bits per heavy atom. The van der Waals surface area contributed by atoms with Crippen LogP contribution < -0.4 is 15.4 Å². The molecule has 0 bridgehead atoms. The minimum Gasteiger partial charge on any atom is -0.455 e. The first-order valence-electron chi connectivity index (χ1n) is 10.8. The second kappa shape index (κ2) is 10.6. The third-order valence-corrected chi connectivity index (χ3v) is 4.98. The molecule has 9 heteroatoms. The molecule has 3 N–H and O–H groups in total. The maximum absolute atomic E-state index is 11.4. The molecule has 174 valence electrons. The van der Waals surface area contributed by atoms with Crippen molar-refractivity contribution in [3.8, 4) is 11.5 Å². The van der Waals surface area contributed by atoms with E-state index in [2.05, 4.69) is 30.6 Å². The van der Waals surface area contributed by atoms with Gasteiger partial charge in [0.1, 0.15) is 29.9 Å². The van der Waals surface area contributed by atoms with Gasteiger partial charge in [0.15, 0.2) is 5.82 Å². The van der Waals surface area contributed by atoms with Crippen LogP contribution in [0.2, 0.25) is 0 Å². The van der Waals surface area contributed by atoms with Crippen LogP contribution in [0.25, 0.3) is 17.1 Å². The Morgan fingerprint density at radius 3 is 2.76 bits per heavy atom. The molecule has 34 heavy (non-hydrogen) atoms. The molecule has 0 fully saturated rings. The van der Waals surface area contributed by atoms with E-state index in [9.17, 15) is 4.79 Å². The Hall–Kier alpha value is -4.24. The summed E-state index contributed by atoms with van der Waals surface area (Å²) >= 11 is 0. The Morgan fingerprint density at radius 2 is 2.00 bits per heavy atom. The van der Waals surface area contributed by atoms with E-state index >= 15 is 0 Å². The molecule has 4 aromatic rings. The van der Waals surface area contributed by atoms with Crippen LogP contribution in [0.5, 0.6) is 11.5 Å². The van der Waals surface area contributed by atoms with Gasteiger partial charge < -0.3 is 25.1 Å². The topological polar surface area (TPSA) is 114 Å². The van der Waals surface area contributed by atoms with Crippen LogP contribution in [0.1, 0.15) is 17.0 Å². The normalized spacial score (nSPS) is 11.1. The van der Waals surface area contributed by atoms with Gasteiger partial charge in [-0.25, -0.2) is 9.97 Å². The molecule has 0 aliphatic heterocycles. The molecule has 1 aromatic carbocycles. The van der Waals surface area contributed by atoms with Crippen LogP contribution in [0.15, 0.2) is 55.0 Å². The van der Waals surface area contributed by atoms with E-state index in [1.165, 1.54) is 13.4 Å². The fourth-order valence-corrected chi connectivity index (χ4v) is 3.30. The highest BCUT2D eigenvalue weighted by Gasteiger charge is 2.09. The highest BCUT2D eigenvalue weighted by Crippen LogP contribution is 2.29. The number of aryl methyl sites for hydroxylation is 2. The fourth-order valence-electron chi connectivity index (χ4n) is 3.30. The number of hydrogen-bond donors (Lipinski definition) is 3. The van der Waals surface area contributed by atoms with Crippen molar-refractivity contribution >= 4 is 34.5 Å². The van der Waals surface area contributed by atoms with Crippen LogP contribution in [-0.2, 0) is 9.53 Å². The minimum atomic E-state index is -0.164. The summed E-state index contributed by atoms with van der Waals surface area (Å²) in [4.78, 5) is 27.8. The highest BCUT2D eigenvalue weighted by atomic mass is 16.5. The van der Waals surface area contributed by atoms with Gasteiger partial charge in [0.2, 0.25) is 5.91 Å². The first-order valence-corrected chi connectivity index (χ1v) is 10.8. The Kier molecular flexibility index (Phi) is 7.14. The quantitative estimate of drug-likeness (QED) is 0.343. The summed E-state index contributed by atoms with van der Waals surface area (Å²) in [5, 5.41) is 6.09. The molecule has 9 nitrogen and oxygen atoms in total. The molecule has 0 atom stereocenters. The summed E-state index contributed by atoms with van der Waals surface area (Å²) in [6, 6.07) is 11.6. The smallest absolute Gasteiger partial charge is 0.246 e. The van der Waals surface area contributed by atoms with Gasteiger partial charge in [-0.15, -0.1) is 0 Å². The van der Waals surface area contributed by atoms with E-state index in [4.69, 9.17) is 9.47 Å². The number of pyridine rings is 1. The molecule has 3 heterocycles. The molecule has 0 aliphatic rings. The van der Waals surface area contributed by atoms with Crippen LogP contribution in [-0.4, -0.2) is 46.1 Å². The first kappa shape index (κ1) is 22.9. The summed E-state index contributed by atoms with van der Waals surface area (Å²) in [5.41, 5.74) is 5.21. The second-order valence-electron chi connectivity index (χ2n) is 7.69. The maximum atomic E-state index is 11.4. The number of rotatable bonds is 9. The average Bonchev–Trinajstić information content (AvgIpc) is 3.24. The molecular formula is C25H26N6O3. The predicted octanol–water partition coefficient (Wildman–Crippen LogP) is 4.28. The zero-order valence-electron chi connectivity index (χ0n) is 19.3. The van der Waals surface area contributed by atoms with E-state index in [0.717, 1.165) is 39.4 Å². The van der Waals surface area contributed by atoms with E-state index in [-0.39, 0.29) is 12.5 Å². The Labute approximate surface area is 197 Å². The van der Waals surface area contributed by atoms with Gasteiger partial charge in [0.25, 0.3) is 0 Å². The van der Waals surface area contributed by atoms with Crippen LogP contribution >= 0.6 is 0 Å². The van der Waals surface area contributed by atoms with Crippen LogP contribution in [0.4, 0.5) is 11.5 Å². The summed E-state index contributed by atoms with van der Waals surface area (Å²) < 4.78 is 10.7. The number of ether oxygens (including phenoxy) is 2. The number of anilines is 2. The average molecular weight is 459 g/mol. The third-order valence-electron chi connectivity index (χ3n) is 4.98. The van der Waals surface area contributed by atoms with Crippen molar-refractivity contribution in [3.05, 3.63) is 71.9 Å². The summed E-state index contributed by atoms with van der Waals surface area (Å²) in [6.07, 6.45) is 6.97. The van der Waals surface area contributed by atoms with Gasteiger partial charge in [-0.2, -0.15) is 0 Å². The molecule has 1 amide bonds. The lowest BCUT2D eigenvalue weighted by molar-refractivity contribution is -0.124. The molecule has 3 aromatic heterocycles. The molecule has 0 saturated heterocycles. The van der Waals surface area contributed by atoms with Gasteiger partial charge in [0, 0.05) is 30.7 Å². The number of aromatic amines is 1. The number of amides is 1. The van der Waals surface area contributed by atoms with Crippen LogP contribution in [0.3, 0.4) is 0 Å². The van der Waals surface area contributed by atoms with Crippen molar-refractivity contribution in [2.75, 3.05) is 25.6 Å². The predicted molar refractivity (Wildman–Crippen MR) is 131 cm³/mol. The number of aromatic nitrogens is 4. The van der Waals surface area contributed by atoms with Gasteiger partial charge in [-0.1, -0.05) is 6.08 Å². The summed E-state index contributed by atoms with van der Waals surface area (Å²) in [6.45, 7) is 4.37. The van der Waals surface area contributed by atoms with E-state index in [0.29, 0.717) is 18.1 Å². The summed E-state index contributed by atoms with van der Waals surface area (Å²) in [7, 11) is 1.49. The van der Waals surface area contributed by atoms with E-state index < -0.39 is 0 Å². The summed E-state index contributed by atoms with van der Waals surface area (Å²) in [5.74, 6) is 1.95. The molecule has 0 spiro atoms. The number of hydrogen-bond acceptors (Lipinski definition) is 7. The molecular weight excluding hydrogens is 432 g/mol. The second-order valence-corrected chi connectivity index (χ2v) is 7.69. The monoisotopic (exact) mass is 458 g/mol. The number of fused-ring (bicyclic) bond motifs is 1. The number of methoxy groups -OCH3 is 1. The fraction of sp³-hybridized carbons (Fsp3) is 0.200. The zero-order chi connectivity index (χ0) is 23.9. The number of carbonyl (C=O) groups is 1. The molecule has 0 radical (unpaired) electrons. The number of benzene rings is 1. The lowest BCUT2D eigenvalue weighted by Gasteiger charge is -2.12. The minimum absolute atomic E-state index is 0.0422. The molecule has 0 aliphatic carbocycles. The standard InChI is InChI=1S/C25H26N6O3/c1-16-11-19(7-9-22(16)34-20-8-6-17(2)27-13-20)31-25-24-21(28-15-29-25)12-18(30-24)5-4-10-26-23(32)14-33-3/h4-9,11-13,15,30H,10,14H2,1-3H3,(H,26,32)(H,28,29,31)/b5-4+. The molecule has 0 unspecified atom stereocenters. The third kappa shape index (κ3) is 5.76. The van der Waals surface area contributed by atoms with Crippen molar-refractivity contribution in [2.24, 2.45) is 0 Å². The van der Waals surface area contributed by atoms with E-state index in [1.807, 2.05) is 62.4 Å². The number of H-pyrrole nitrogens is 1. The SMILES string of the molecule is COCC(=O)NC/C=C/c1cc2ncnc(Nc3ccc(Oc4ccc(C)nc4)c(C)c3)c2[nH]1. The number of carbonyl (C=O) groups excluding carboxylic acids is 1. The van der Waals surface area contributed by atoms with E-state index in [1.54, 1.807) is 6.20 Å². The molecule has 0 saturated carbocycles. The maximum Gasteiger partial charge on any atom is 0.246 e. The largest absolute Gasteiger partial charge is 0.455 e. The molecule has 4 rings (SSSR count). The van der Waals surface area contributed by atoms with Crippen molar-refractivity contribution in [3.63, 3.8) is 0 Å². The number of nitrogens with one attached hydrogen (secondary N) is 3. The van der Waals surface area contributed by atoms with Crippen molar-refractivity contribution in [2.45, 2.75) is 13.8 Å². The lowest BCUT2D eigenvalue weighted by Crippen LogP contribution is -2.26. The Bertz CT molecular complexity index is 1310. The van der Waals surface area contributed by atoms with Crippen molar-refractivity contribution < 1.29 is 14.3 Å². The van der Waals surface area contributed by atoms with Gasteiger partial charge in [0.05, 0.1) is 11.7 Å². The van der Waals surface area contributed by atoms with Crippen LogP contribution in [0, 0.1) is 13.8 Å². The Balaban J connectivity index is 1.46. The van der Waals surface area contributed by atoms with Gasteiger partial charge >= 0.3 is 0 Å². The first-order chi connectivity index (χ1) is 16.5. The zero-order valence-corrected chi connectivity index (χ0v) is 19.3. The van der Waals surface area contributed by atoms with Gasteiger partial charge in [-0.05, 0) is 61.9 Å².